The zero-order valence-corrected chi connectivity index (χ0v) is 7.28. The molecule has 0 unspecified atom stereocenters. The van der Waals surface area contributed by atoms with E-state index in [1.165, 1.54) is 19.3 Å². The predicted molar refractivity (Wildman–Crippen MR) is 43.5 cm³/mol. The summed E-state index contributed by atoms with van der Waals surface area (Å²) in [6.07, 6.45) is 4.15. The van der Waals surface area contributed by atoms with Gasteiger partial charge in [-0.3, -0.25) is 0 Å². The minimum Gasteiger partial charge on any atom is -0.0651 e. The van der Waals surface area contributed by atoms with E-state index in [0.29, 0.717) is 0 Å². The van der Waals surface area contributed by atoms with Crippen molar-refractivity contribution in [3.63, 3.8) is 0 Å². The molecule has 0 aliphatic rings. The zero-order valence-electron chi connectivity index (χ0n) is 7.28. The molecule has 0 aliphatic carbocycles. The molecular formula is C9H20. The molecule has 0 aliphatic heterocycles. The van der Waals surface area contributed by atoms with Crippen LogP contribution in [0.3, 0.4) is 0 Å². The maximum atomic E-state index is 2.34. The Bertz CT molecular complexity index is 55.1. The molecule has 0 radical (unpaired) electrons. The lowest BCUT2D eigenvalue weighted by Gasteiger charge is -2.09. The summed E-state index contributed by atoms with van der Waals surface area (Å²) in [5, 5.41) is 0. The van der Waals surface area contributed by atoms with E-state index in [1.807, 2.05) is 0 Å². The standard InChI is InChI=1S/C9H20/c1-5-9(4)7-6-8(2)3/h8-9H,5-7H2,1-4H3/t9-/m0/s1. The smallest absolute Gasteiger partial charge is 0.0445 e. The molecule has 0 aromatic rings. The monoisotopic (exact) mass is 128 g/mol. The van der Waals surface area contributed by atoms with Crippen LogP contribution in [0.25, 0.3) is 0 Å². The van der Waals surface area contributed by atoms with E-state index >= 15 is 0 Å². The van der Waals surface area contributed by atoms with Gasteiger partial charge in [-0.05, 0) is 11.8 Å². The van der Waals surface area contributed by atoms with Gasteiger partial charge in [0.05, 0.1) is 0 Å². The molecule has 0 N–H and O–H groups in total. The highest BCUT2D eigenvalue weighted by molar-refractivity contribution is 4.52. The van der Waals surface area contributed by atoms with E-state index in [2.05, 4.69) is 27.7 Å². The largest absolute Gasteiger partial charge is 0.0651 e. The summed E-state index contributed by atoms with van der Waals surface area (Å²) in [7, 11) is 0. The minimum absolute atomic E-state index is 0.888. The number of hydrogen-bond acceptors (Lipinski definition) is 0. The van der Waals surface area contributed by atoms with E-state index < -0.39 is 0 Å². The molecule has 0 nitrogen and oxygen atoms in total. The van der Waals surface area contributed by atoms with Gasteiger partial charge in [0.25, 0.3) is 0 Å². The first-order chi connectivity index (χ1) is 4.16. The molecule has 0 saturated heterocycles. The fraction of sp³-hybridized carbons (Fsp3) is 1.00. The van der Waals surface area contributed by atoms with E-state index in [0.717, 1.165) is 11.8 Å². The summed E-state index contributed by atoms with van der Waals surface area (Å²) in [5.74, 6) is 1.83. The lowest BCUT2D eigenvalue weighted by atomic mass is 9.98. The van der Waals surface area contributed by atoms with E-state index in [9.17, 15) is 0 Å². The summed E-state index contributed by atoms with van der Waals surface area (Å²) in [6, 6.07) is 0. The molecule has 1 atom stereocenters. The van der Waals surface area contributed by atoms with Gasteiger partial charge in [0.1, 0.15) is 0 Å². The third-order valence-corrected chi connectivity index (χ3v) is 1.93. The quantitative estimate of drug-likeness (QED) is 0.544. The molecular weight excluding hydrogens is 108 g/mol. The summed E-state index contributed by atoms with van der Waals surface area (Å²) in [4.78, 5) is 0. The van der Waals surface area contributed by atoms with Gasteiger partial charge in [0.2, 0.25) is 0 Å². The maximum absolute atomic E-state index is 2.34. The second-order valence-electron chi connectivity index (χ2n) is 3.48. The van der Waals surface area contributed by atoms with Crippen molar-refractivity contribution in [2.75, 3.05) is 0 Å². The van der Waals surface area contributed by atoms with Crippen molar-refractivity contribution in [3.05, 3.63) is 0 Å². The van der Waals surface area contributed by atoms with E-state index in [-0.39, 0.29) is 0 Å². The van der Waals surface area contributed by atoms with Gasteiger partial charge in [0, 0.05) is 0 Å². The van der Waals surface area contributed by atoms with E-state index in [1.54, 1.807) is 0 Å². The first kappa shape index (κ1) is 9.00. The van der Waals surface area contributed by atoms with Gasteiger partial charge in [0.15, 0.2) is 0 Å². The van der Waals surface area contributed by atoms with Gasteiger partial charge in [-0.1, -0.05) is 47.0 Å². The lowest BCUT2D eigenvalue weighted by Crippen LogP contribution is -1.95. The fourth-order valence-corrected chi connectivity index (χ4v) is 0.822. The molecule has 0 rings (SSSR count). The van der Waals surface area contributed by atoms with Crippen LogP contribution in [0.2, 0.25) is 0 Å². The molecule has 0 heterocycles. The fourth-order valence-electron chi connectivity index (χ4n) is 0.822. The van der Waals surface area contributed by atoms with Gasteiger partial charge in [-0.15, -0.1) is 0 Å². The third-order valence-electron chi connectivity index (χ3n) is 1.93. The van der Waals surface area contributed by atoms with Crippen molar-refractivity contribution in [2.24, 2.45) is 11.8 Å². The van der Waals surface area contributed by atoms with Crippen molar-refractivity contribution in [1.82, 2.24) is 0 Å². The van der Waals surface area contributed by atoms with Crippen molar-refractivity contribution < 1.29 is 0 Å². The molecule has 0 heteroatoms. The van der Waals surface area contributed by atoms with Crippen molar-refractivity contribution in [1.29, 1.82) is 0 Å². The Labute approximate surface area is 59.7 Å². The van der Waals surface area contributed by atoms with Gasteiger partial charge >= 0.3 is 0 Å². The summed E-state index contributed by atoms with van der Waals surface area (Å²) in [6.45, 7) is 9.19. The van der Waals surface area contributed by atoms with Crippen LogP contribution >= 0.6 is 0 Å². The van der Waals surface area contributed by atoms with Crippen LogP contribution in [0.5, 0.6) is 0 Å². The average molecular weight is 128 g/mol. The van der Waals surface area contributed by atoms with Crippen LogP contribution in [0, 0.1) is 11.8 Å². The molecule has 0 aromatic carbocycles. The van der Waals surface area contributed by atoms with Gasteiger partial charge < -0.3 is 0 Å². The highest BCUT2D eigenvalue weighted by Crippen LogP contribution is 2.13. The van der Waals surface area contributed by atoms with Crippen LogP contribution in [-0.4, -0.2) is 0 Å². The third kappa shape index (κ3) is 5.88. The molecule has 0 bridgehead atoms. The van der Waals surface area contributed by atoms with Crippen LogP contribution in [-0.2, 0) is 0 Å². The SMILES string of the molecule is CC[C@H](C)CCC(C)C. The van der Waals surface area contributed by atoms with Gasteiger partial charge in [-0.25, -0.2) is 0 Å². The highest BCUT2D eigenvalue weighted by atomic mass is 14.1. The maximum Gasteiger partial charge on any atom is -0.0445 e. The van der Waals surface area contributed by atoms with Crippen LogP contribution in [0.1, 0.15) is 47.0 Å². The zero-order chi connectivity index (χ0) is 7.28. The van der Waals surface area contributed by atoms with E-state index in [4.69, 9.17) is 0 Å². The first-order valence-corrected chi connectivity index (χ1v) is 4.16. The molecule has 56 valence electrons. The Kier molecular flexibility index (Phi) is 4.84. The van der Waals surface area contributed by atoms with Crippen molar-refractivity contribution >= 4 is 0 Å². The van der Waals surface area contributed by atoms with Crippen molar-refractivity contribution in [2.45, 2.75) is 47.0 Å². The predicted octanol–water partition coefficient (Wildman–Crippen LogP) is 3.47. The Morgan fingerprint density at radius 3 is 1.89 bits per heavy atom. The second kappa shape index (κ2) is 4.84. The summed E-state index contributed by atoms with van der Waals surface area (Å²) in [5.41, 5.74) is 0. The number of rotatable bonds is 4. The van der Waals surface area contributed by atoms with Crippen LogP contribution in [0.4, 0.5) is 0 Å². The first-order valence-electron chi connectivity index (χ1n) is 4.16. The molecule has 0 aromatic heterocycles. The normalized spacial score (nSPS) is 14.3. The van der Waals surface area contributed by atoms with Crippen LogP contribution in [0.15, 0.2) is 0 Å². The number of hydrogen-bond donors (Lipinski definition) is 0. The van der Waals surface area contributed by atoms with Crippen LogP contribution < -0.4 is 0 Å². The molecule has 0 amide bonds. The Balaban J connectivity index is 3.06. The highest BCUT2D eigenvalue weighted by Gasteiger charge is 1.99. The summed E-state index contributed by atoms with van der Waals surface area (Å²) >= 11 is 0. The second-order valence-corrected chi connectivity index (χ2v) is 3.48. The topological polar surface area (TPSA) is 0 Å². The molecule has 0 spiro atoms. The van der Waals surface area contributed by atoms with Crippen molar-refractivity contribution in [3.8, 4) is 0 Å². The van der Waals surface area contributed by atoms with Gasteiger partial charge in [-0.2, -0.15) is 0 Å². The average Bonchev–Trinajstić information content (AvgIpc) is 1.83. The molecule has 0 saturated carbocycles. The lowest BCUT2D eigenvalue weighted by molar-refractivity contribution is 0.441. The Hall–Kier alpha value is 0. The molecule has 0 fully saturated rings. The summed E-state index contributed by atoms with van der Waals surface area (Å²) < 4.78 is 0. The Morgan fingerprint density at radius 1 is 1.00 bits per heavy atom. The minimum atomic E-state index is 0.888. The molecule has 9 heavy (non-hydrogen) atoms. The Morgan fingerprint density at radius 2 is 1.56 bits per heavy atom.